The van der Waals surface area contributed by atoms with E-state index < -0.39 is 82.8 Å². The van der Waals surface area contributed by atoms with Crippen LogP contribution in [-0.4, -0.2) is 150 Å². The number of Topliss-reactive ketones (excluding diaryl/α,β-unsaturated/α-hetero) is 1. The zero-order chi connectivity index (χ0) is 65.9. The van der Waals surface area contributed by atoms with Crippen molar-refractivity contribution in [3.63, 3.8) is 0 Å². The van der Waals surface area contributed by atoms with Crippen molar-refractivity contribution < 1.29 is 81.7 Å². The summed E-state index contributed by atoms with van der Waals surface area (Å²) in [6.45, 7) is 8.13. The van der Waals surface area contributed by atoms with E-state index in [1.165, 1.54) is 49.5 Å². The van der Waals surface area contributed by atoms with Crippen molar-refractivity contribution in [1.82, 2.24) is 15.1 Å². The highest BCUT2D eigenvalue weighted by atomic mass is 35.6. The largest absolute Gasteiger partial charge is 0.497 e. The standard InChI is InChI=1S/C67H72Cl3N5O17/c1-8-20-90-58(77)29-46(37(2)3)59(78)71-38(4)53(76)23-39-10-12-40(13-11-39)34-91-64(83)75-50-31-57(55(87-7)28-48(50)61(80)73-35-66(18-19-66)32-52(73)63(75)82)89-22-9-21-88-56-30-49-47(27-54(56)86-6)60(79)72-33-44(42-14-15-43-25-45(85-5)17-16-41(43)24-42)26-51(72)62(81)74(49)65(84)92-36-67(68,69)70/h8,10-17,24-25,27-28,30-31,33,37-38,46,51-52,62-63,81-82H,1,9,18-23,26,29,32,34-36H2,2-7H3,(H,71,78)/t38-,46-,51-,52-,62?,63?/m0/s1. The highest BCUT2D eigenvalue weighted by Gasteiger charge is 2.58. The Labute approximate surface area is 546 Å². The number of esters is 1. The van der Waals surface area contributed by atoms with E-state index in [4.69, 9.17) is 72.7 Å². The van der Waals surface area contributed by atoms with Crippen molar-refractivity contribution in [3.05, 3.63) is 132 Å². The van der Waals surface area contributed by atoms with Gasteiger partial charge >= 0.3 is 18.2 Å². The molecular weight excluding hydrogens is 1250 g/mol. The minimum Gasteiger partial charge on any atom is -0.497 e. The van der Waals surface area contributed by atoms with Crippen molar-refractivity contribution in [2.24, 2.45) is 17.3 Å². The number of benzene rings is 5. The molecule has 1 saturated carbocycles. The van der Waals surface area contributed by atoms with Gasteiger partial charge in [0.1, 0.15) is 25.6 Å². The number of hydrogen-bond donors (Lipinski definition) is 3. The lowest BCUT2D eigenvalue weighted by Crippen LogP contribution is -2.50. The number of fused-ring (bicyclic) bond motifs is 5. The highest BCUT2D eigenvalue weighted by Crippen LogP contribution is 2.57. The Kier molecular flexibility index (Phi) is 20.2. The molecule has 3 N–H and O–H groups in total. The molecule has 92 heavy (non-hydrogen) atoms. The highest BCUT2D eigenvalue weighted by molar-refractivity contribution is 6.67. The Morgan fingerprint density at radius 2 is 1.33 bits per heavy atom. The molecule has 4 aliphatic heterocycles. The molecule has 5 aromatic rings. The topological polar surface area (TPSA) is 259 Å². The fraction of sp³-hybridized carbons (Fsp3) is 0.418. The van der Waals surface area contributed by atoms with Gasteiger partial charge in [-0.15, -0.1) is 0 Å². The quantitative estimate of drug-likeness (QED) is 0.0181. The van der Waals surface area contributed by atoms with Crippen LogP contribution in [0.3, 0.4) is 0 Å². The van der Waals surface area contributed by atoms with Crippen LogP contribution in [0.2, 0.25) is 0 Å². The molecule has 5 aliphatic rings. The number of aliphatic hydroxyl groups excluding tert-OH is 2. The lowest BCUT2D eigenvalue weighted by molar-refractivity contribution is -0.146. The summed E-state index contributed by atoms with van der Waals surface area (Å²) in [7, 11) is 4.37. The molecule has 1 aliphatic carbocycles. The van der Waals surface area contributed by atoms with E-state index in [2.05, 4.69) is 11.9 Å². The fourth-order valence-electron chi connectivity index (χ4n) is 12.1. The Hall–Kier alpha value is -8.28. The molecular formula is C67H72Cl3N5O17. The molecule has 0 bridgehead atoms. The zero-order valence-electron chi connectivity index (χ0n) is 51.6. The lowest BCUT2D eigenvalue weighted by Gasteiger charge is -2.32. The number of amides is 5. The summed E-state index contributed by atoms with van der Waals surface area (Å²) in [6, 6.07) is 21.3. The number of rotatable bonds is 23. The normalized spacial score (nSPS) is 19.3. The van der Waals surface area contributed by atoms with Crippen LogP contribution in [0.1, 0.15) is 96.7 Å². The molecule has 2 unspecified atom stereocenters. The Morgan fingerprint density at radius 3 is 1.92 bits per heavy atom. The van der Waals surface area contributed by atoms with Gasteiger partial charge in [0.05, 0.1) is 87.5 Å². The number of aliphatic hydroxyl groups is 2. The van der Waals surface area contributed by atoms with E-state index in [0.29, 0.717) is 29.8 Å². The first-order valence-electron chi connectivity index (χ1n) is 30.1. The second-order valence-electron chi connectivity index (χ2n) is 23.9. The number of halogens is 3. The number of ketones is 1. The van der Waals surface area contributed by atoms with Crippen molar-refractivity contribution in [2.45, 2.75) is 107 Å². The van der Waals surface area contributed by atoms with Crippen molar-refractivity contribution in [2.75, 3.05) is 64.1 Å². The van der Waals surface area contributed by atoms with Gasteiger partial charge in [-0.3, -0.25) is 24.0 Å². The first-order chi connectivity index (χ1) is 43.9. The van der Waals surface area contributed by atoms with E-state index in [1.807, 2.05) is 50.2 Å². The van der Waals surface area contributed by atoms with Crippen LogP contribution < -0.4 is 38.8 Å². The number of nitrogens with one attached hydrogen (secondary N) is 1. The average molecular weight is 1330 g/mol. The van der Waals surface area contributed by atoms with Gasteiger partial charge in [0, 0.05) is 37.7 Å². The van der Waals surface area contributed by atoms with Gasteiger partial charge in [-0.2, -0.15) is 0 Å². The summed E-state index contributed by atoms with van der Waals surface area (Å²) < 4.78 is 43.8. The van der Waals surface area contributed by atoms with Gasteiger partial charge in [-0.25, -0.2) is 19.4 Å². The van der Waals surface area contributed by atoms with Crippen LogP contribution in [0.25, 0.3) is 16.3 Å². The fourth-order valence-corrected chi connectivity index (χ4v) is 12.2. The van der Waals surface area contributed by atoms with Crippen LogP contribution in [0.4, 0.5) is 21.0 Å². The molecule has 488 valence electrons. The smallest absolute Gasteiger partial charge is 0.416 e. The van der Waals surface area contributed by atoms with Gasteiger partial charge in [-0.05, 0) is 107 Å². The lowest BCUT2D eigenvalue weighted by atomic mass is 9.91. The van der Waals surface area contributed by atoms with Crippen molar-refractivity contribution in [3.8, 4) is 28.7 Å². The summed E-state index contributed by atoms with van der Waals surface area (Å²) >= 11 is 18.0. The SMILES string of the molecule is C=CCOC(=O)C[C@H](C(=O)N[C@@H](C)C(=O)Cc1ccc(COC(=O)N2c3cc(OCCCOc4cc5c(cc4OC)C(=O)N4C=C(c6ccc7cc(OC)ccc7c6)C[C@H]4C(O)N5C(=O)OCC(Cl)(Cl)Cl)c(OC)cc3C(=O)N3CC4(CC4)C[C@H]3C2O)cc1)C(C)C. The third-order valence-electron chi connectivity index (χ3n) is 17.3. The van der Waals surface area contributed by atoms with Gasteiger partial charge in [0.25, 0.3) is 11.8 Å². The van der Waals surface area contributed by atoms with Crippen molar-refractivity contribution in [1.29, 1.82) is 0 Å². The van der Waals surface area contributed by atoms with Crippen molar-refractivity contribution >= 4 is 104 Å². The zero-order valence-corrected chi connectivity index (χ0v) is 53.9. The molecule has 22 nitrogen and oxygen atoms in total. The number of nitrogens with zero attached hydrogens (tertiary/aromatic N) is 4. The van der Waals surface area contributed by atoms with Crippen LogP contribution in [0.15, 0.2) is 104 Å². The summed E-state index contributed by atoms with van der Waals surface area (Å²) in [5, 5.41) is 29.0. The Balaban J connectivity index is 0.828. The number of carbonyl (C=O) groups is 7. The van der Waals surface area contributed by atoms with E-state index in [9.17, 15) is 43.8 Å². The molecule has 5 amide bonds. The monoisotopic (exact) mass is 1320 g/mol. The first-order valence-corrected chi connectivity index (χ1v) is 31.2. The number of hydrogen-bond acceptors (Lipinski definition) is 17. The van der Waals surface area contributed by atoms with Crippen LogP contribution >= 0.6 is 34.8 Å². The minimum absolute atomic E-state index is 0.0202. The van der Waals surface area contributed by atoms with E-state index in [-0.39, 0.29) is 115 Å². The van der Waals surface area contributed by atoms with Gasteiger partial charge in [0.2, 0.25) is 9.70 Å². The molecule has 5 aromatic carbocycles. The second kappa shape index (κ2) is 27.9. The van der Waals surface area contributed by atoms with Gasteiger partial charge in [-0.1, -0.05) is 104 Å². The van der Waals surface area contributed by atoms with Crippen LogP contribution in [0, 0.1) is 17.3 Å². The molecule has 0 aromatic heterocycles. The summed E-state index contributed by atoms with van der Waals surface area (Å²) in [6.07, 6.45) is 0.184. The Bertz CT molecular complexity index is 3720. The second-order valence-corrected chi connectivity index (χ2v) is 26.4. The summed E-state index contributed by atoms with van der Waals surface area (Å²) in [4.78, 5) is 102. The number of carbonyl (C=O) groups excluding carboxylic acids is 7. The molecule has 25 heteroatoms. The maximum atomic E-state index is 14.7. The number of methoxy groups -OCH3 is 3. The summed E-state index contributed by atoms with van der Waals surface area (Å²) in [5.74, 6) is -1.97. The third kappa shape index (κ3) is 14.5. The van der Waals surface area contributed by atoms with Gasteiger partial charge < -0.3 is 63.2 Å². The molecule has 1 spiro atoms. The number of anilines is 2. The molecule has 0 radical (unpaired) electrons. The number of ether oxygens (including phenoxy) is 8. The first kappa shape index (κ1) is 66.6. The average Bonchev–Trinajstić information content (AvgIpc) is 1.57. The van der Waals surface area contributed by atoms with Crippen LogP contribution in [0.5, 0.6) is 28.7 Å². The molecule has 10 rings (SSSR count). The van der Waals surface area contributed by atoms with E-state index in [0.717, 1.165) is 44.6 Å². The van der Waals surface area contributed by atoms with Crippen LogP contribution in [-0.2, 0) is 41.6 Å². The predicted octanol–water partition coefficient (Wildman–Crippen LogP) is 10.1. The van der Waals surface area contributed by atoms with E-state index in [1.54, 1.807) is 49.4 Å². The molecule has 1 saturated heterocycles. The predicted molar refractivity (Wildman–Crippen MR) is 341 cm³/mol. The maximum Gasteiger partial charge on any atom is 0.416 e. The minimum atomic E-state index is -2.01. The van der Waals surface area contributed by atoms with Gasteiger partial charge in [0.15, 0.2) is 41.2 Å². The van der Waals surface area contributed by atoms with E-state index >= 15 is 0 Å². The maximum absolute atomic E-state index is 14.7. The Morgan fingerprint density at radius 1 is 0.728 bits per heavy atom. The summed E-state index contributed by atoms with van der Waals surface area (Å²) in [5.41, 5.74) is 2.51. The number of alkyl halides is 3. The molecule has 4 heterocycles. The molecule has 6 atom stereocenters. The third-order valence-corrected chi connectivity index (χ3v) is 17.6. The molecule has 2 fully saturated rings.